The Labute approximate surface area is 428 Å². The number of benzene rings is 1. The van der Waals surface area contributed by atoms with Crippen molar-refractivity contribution in [1.82, 2.24) is 5.32 Å². The van der Waals surface area contributed by atoms with Crippen molar-refractivity contribution in [3.8, 4) is 0 Å². The molecule has 0 spiro atoms. The van der Waals surface area contributed by atoms with E-state index in [4.69, 9.17) is 26.4 Å². The number of rotatable bonds is 47. The number of ether oxygens (including phenoxy) is 3. The molecule has 0 amide bonds. The quantitative estimate of drug-likeness (QED) is 0.0247. The second-order valence-electron chi connectivity index (χ2n) is 20.9. The molecule has 8 atom stereocenters. The van der Waals surface area contributed by atoms with Crippen molar-refractivity contribution >= 4 is 23.1 Å². The first kappa shape index (κ1) is 63.7. The van der Waals surface area contributed by atoms with E-state index in [1.54, 1.807) is 0 Å². The minimum atomic E-state index is -1.55. The number of hydrogen-bond donors (Lipinski definition) is 7. The third kappa shape index (κ3) is 33.1. The fraction of sp³-hybridized carbons (Fsp3) is 0.879. The number of thiocarbonyl (C=S) groups is 1. The molecule has 10 nitrogen and oxygen atoms in total. The number of nitrogens with one attached hydrogen (secondary N) is 2. The van der Waals surface area contributed by atoms with Crippen LogP contribution in [0.3, 0.4) is 0 Å². The molecular weight excluding hydrogens is 885 g/mol. The number of aliphatic hydroxyl groups is 5. The van der Waals surface area contributed by atoms with Gasteiger partial charge in [-0.3, -0.25) is 0 Å². The summed E-state index contributed by atoms with van der Waals surface area (Å²) in [4.78, 5) is 0. The molecule has 0 bridgehead atoms. The van der Waals surface area contributed by atoms with Crippen LogP contribution in [0.15, 0.2) is 24.3 Å². The van der Waals surface area contributed by atoms with Gasteiger partial charge in [0, 0.05) is 5.69 Å². The number of aryl methyl sites for hydroxylation is 1. The summed E-state index contributed by atoms with van der Waals surface area (Å²) in [5.41, 5.74) is 1.81. The molecule has 0 saturated carbocycles. The maximum Gasteiger partial charge on any atom is 0.261 e. The predicted molar refractivity (Wildman–Crippen MR) is 292 cm³/mol. The van der Waals surface area contributed by atoms with E-state index < -0.39 is 49.0 Å². The van der Waals surface area contributed by atoms with Gasteiger partial charge in [-0.15, -0.1) is 0 Å². The zero-order chi connectivity index (χ0) is 50.0. The molecule has 1 aliphatic heterocycles. The topological polar surface area (TPSA) is 153 Å². The van der Waals surface area contributed by atoms with Crippen LogP contribution in [0.5, 0.6) is 0 Å². The van der Waals surface area contributed by atoms with Gasteiger partial charge in [-0.1, -0.05) is 251 Å². The normalized spacial score (nSPS) is 19.7. The summed E-state index contributed by atoms with van der Waals surface area (Å²) in [6.07, 6.45) is 38.6. The molecule has 0 radical (unpaired) electrons. The van der Waals surface area contributed by atoms with Crippen molar-refractivity contribution in [1.29, 1.82) is 0 Å². The van der Waals surface area contributed by atoms with Crippen LogP contribution in [0, 0.1) is 6.92 Å². The second kappa shape index (κ2) is 44.1. The van der Waals surface area contributed by atoms with Crippen molar-refractivity contribution in [3.63, 3.8) is 0 Å². The van der Waals surface area contributed by atoms with Crippen molar-refractivity contribution in [2.75, 3.05) is 25.1 Å². The Bertz CT molecular complexity index is 1310. The molecule has 1 aromatic rings. The minimum Gasteiger partial charge on any atom is -0.468 e. The van der Waals surface area contributed by atoms with Crippen molar-refractivity contribution in [2.24, 2.45) is 0 Å². The Hall–Kier alpha value is -1.41. The largest absolute Gasteiger partial charge is 0.468 e. The van der Waals surface area contributed by atoms with Crippen molar-refractivity contribution in [2.45, 2.75) is 307 Å². The van der Waals surface area contributed by atoms with Gasteiger partial charge in [0.15, 0.2) is 6.29 Å². The summed E-state index contributed by atoms with van der Waals surface area (Å²) in [5, 5.41) is 61.5. The summed E-state index contributed by atoms with van der Waals surface area (Å²) < 4.78 is 17.6. The van der Waals surface area contributed by atoms with Crippen LogP contribution in [0.2, 0.25) is 0 Å². The highest BCUT2D eigenvalue weighted by atomic mass is 32.1. The van der Waals surface area contributed by atoms with Crippen LogP contribution >= 0.6 is 12.2 Å². The Kier molecular flexibility index (Phi) is 40.7. The molecule has 11 heteroatoms. The number of anilines is 1. The Morgan fingerprint density at radius 2 is 1.00 bits per heavy atom. The van der Waals surface area contributed by atoms with Gasteiger partial charge in [0.2, 0.25) is 0 Å². The predicted octanol–water partition coefficient (Wildman–Crippen LogP) is 13.7. The average Bonchev–Trinajstić information content (AvgIpc) is 3.34. The Morgan fingerprint density at radius 1 is 0.580 bits per heavy atom. The number of hydrogen-bond acceptors (Lipinski definition) is 10. The van der Waals surface area contributed by atoms with E-state index in [1.165, 1.54) is 199 Å². The molecule has 0 aromatic heterocycles. The summed E-state index contributed by atoms with van der Waals surface area (Å²) in [5.74, 6) is 0. The smallest absolute Gasteiger partial charge is 0.261 e. The van der Waals surface area contributed by atoms with Crippen LogP contribution in [0.25, 0.3) is 0 Å². The highest BCUT2D eigenvalue weighted by molar-refractivity contribution is 7.80. The molecule has 0 aliphatic carbocycles. The molecule has 69 heavy (non-hydrogen) atoms. The van der Waals surface area contributed by atoms with Gasteiger partial charge in [0.1, 0.15) is 31.0 Å². The van der Waals surface area contributed by atoms with Crippen LogP contribution in [0.1, 0.15) is 257 Å². The van der Waals surface area contributed by atoms with Crippen LogP contribution in [-0.4, -0.2) is 99.4 Å². The molecule has 7 N–H and O–H groups in total. The SMILES string of the molecule is CCCCCCCCCCCCCCCCCCCCCCCCCCN[C@@H](CO[C@H]1O[C@H](COC(=S)Nc2cccc(C)c2)[C@H](O)[C@H](O)[C@H]1O)[C@H](O)[C@H](O)CCCCCCCCCCCCCC. The molecule has 0 unspecified atom stereocenters. The van der Waals surface area contributed by atoms with Gasteiger partial charge in [-0.05, 0) is 56.2 Å². The van der Waals surface area contributed by atoms with Gasteiger partial charge >= 0.3 is 0 Å². The third-order valence-corrected chi connectivity index (χ3v) is 14.6. The van der Waals surface area contributed by atoms with Gasteiger partial charge in [0.25, 0.3) is 5.17 Å². The lowest BCUT2D eigenvalue weighted by atomic mass is 9.98. The fourth-order valence-corrected chi connectivity index (χ4v) is 9.90. The maximum atomic E-state index is 11.4. The Balaban J connectivity index is 1.68. The van der Waals surface area contributed by atoms with Gasteiger partial charge in [-0.2, -0.15) is 0 Å². The molecule has 1 heterocycles. The van der Waals surface area contributed by atoms with E-state index >= 15 is 0 Å². The molecular formula is C58H108N2O8S. The molecule has 1 aromatic carbocycles. The lowest BCUT2D eigenvalue weighted by Gasteiger charge is -2.40. The van der Waals surface area contributed by atoms with E-state index in [1.807, 2.05) is 31.2 Å². The average molecular weight is 994 g/mol. The number of unbranched alkanes of at least 4 members (excludes halogenated alkanes) is 34. The van der Waals surface area contributed by atoms with E-state index in [9.17, 15) is 25.5 Å². The van der Waals surface area contributed by atoms with Gasteiger partial charge in [0.05, 0.1) is 24.9 Å². The first-order chi connectivity index (χ1) is 33.7. The van der Waals surface area contributed by atoms with E-state index in [0.717, 1.165) is 43.4 Å². The van der Waals surface area contributed by atoms with E-state index in [0.29, 0.717) is 13.0 Å². The molecule has 404 valence electrons. The maximum absolute atomic E-state index is 11.4. The van der Waals surface area contributed by atoms with Crippen LogP contribution < -0.4 is 10.6 Å². The zero-order valence-electron chi connectivity index (χ0n) is 44.6. The molecule has 1 aliphatic rings. The molecule has 1 saturated heterocycles. The van der Waals surface area contributed by atoms with Crippen LogP contribution in [-0.2, 0) is 14.2 Å². The first-order valence-corrected chi connectivity index (χ1v) is 29.5. The lowest BCUT2D eigenvalue weighted by Crippen LogP contribution is -2.60. The second-order valence-corrected chi connectivity index (χ2v) is 21.2. The van der Waals surface area contributed by atoms with E-state index in [-0.39, 0.29) is 18.4 Å². The monoisotopic (exact) mass is 993 g/mol. The van der Waals surface area contributed by atoms with Gasteiger partial charge in [-0.25, -0.2) is 0 Å². The summed E-state index contributed by atoms with van der Waals surface area (Å²) >= 11 is 5.35. The zero-order valence-corrected chi connectivity index (χ0v) is 45.4. The summed E-state index contributed by atoms with van der Waals surface area (Å²) in [6, 6.07) is 7.01. The summed E-state index contributed by atoms with van der Waals surface area (Å²) in [7, 11) is 0. The van der Waals surface area contributed by atoms with Crippen LogP contribution in [0.4, 0.5) is 5.69 Å². The standard InChI is InChI=1S/C58H108N2O8S/c1-4-6-8-10-12-14-16-18-19-20-21-22-23-24-25-26-27-28-29-31-33-35-37-39-44-59-50(53(62)51(61)43-38-36-34-32-30-17-15-13-11-9-7-5-2)46-66-57-56(65)55(64)54(63)52(68-57)47-67-58(69)60-49-42-40-41-48(3)45-49/h40-42,45,50-57,59,61-65H,4-39,43-44,46-47H2,1-3H3,(H,60,69)/t50-,51+,52+,53-,54-,55-,56+,57-/m0/s1. The fourth-order valence-electron chi connectivity index (χ4n) is 9.71. The first-order valence-electron chi connectivity index (χ1n) is 29.1. The van der Waals surface area contributed by atoms with Crippen molar-refractivity contribution < 1.29 is 39.7 Å². The van der Waals surface area contributed by atoms with Crippen molar-refractivity contribution in [3.05, 3.63) is 29.8 Å². The highest BCUT2D eigenvalue weighted by Gasteiger charge is 2.45. The lowest BCUT2D eigenvalue weighted by molar-refractivity contribution is -0.302. The minimum absolute atomic E-state index is 0.0739. The van der Waals surface area contributed by atoms with E-state index in [2.05, 4.69) is 24.5 Å². The third-order valence-electron chi connectivity index (χ3n) is 14.3. The highest BCUT2D eigenvalue weighted by Crippen LogP contribution is 2.24. The number of aliphatic hydroxyl groups excluding tert-OH is 5. The molecule has 1 fully saturated rings. The van der Waals surface area contributed by atoms with Gasteiger partial charge < -0.3 is 50.4 Å². The summed E-state index contributed by atoms with van der Waals surface area (Å²) in [6.45, 7) is 6.89. The Morgan fingerprint density at radius 3 is 1.43 bits per heavy atom. The molecule has 2 rings (SSSR count).